The molecule has 4 heteroatoms. The summed E-state index contributed by atoms with van der Waals surface area (Å²) in [5, 5.41) is 8.42. The molecule has 1 rings (SSSR count). The zero-order chi connectivity index (χ0) is 9.84. The third-order valence-corrected chi connectivity index (χ3v) is 1.80. The van der Waals surface area contributed by atoms with Crippen molar-refractivity contribution in [1.29, 1.82) is 5.26 Å². The van der Waals surface area contributed by atoms with Gasteiger partial charge in [0.15, 0.2) is 5.78 Å². The molecule has 0 spiro atoms. The summed E-state index contributed by atoms with van der Waals surface area (Å²) < 4.78 is 12.7. The molecule has 13 heavy (non-hydrogen) atoms. The predicted molar refractivity (Wildman–Crippen MR) is 46.0 cm³/mol. The molecule has 0 radical (unpaired) electrons. The van der Waals surface area contributed by atoms with Crippen LogP contribution in [0.15, 0.2) is 18.2 Å². The summed E-state index contributed by atoms with van der Waals surface area (Å²) in [5.74, 6) is -1.00. The third-order valence-electron chi connectivity index (χ3n) is 1.47. The van der Waals surface area contributed by atoms with Gasteiger partial charge in [0.25, 0.3) is 0 Å². The lowest BCUT2D eigenvalue weighted by molar-refractivity contribution is 0.0997. The number of nitrogens with zero attached hydrogens (tertiary/aromatic N) is 1. The first-order valence-electron chi connectivity index (χ1n) is 3.50. The summed E-state index contributed by atoms with van der Waals surface area (Å²) in [4.78, 5) is 11.1. The van der Waals surface area contributed by atoms with Crippen LogP contribution in [0.2, 0.25) is 5.02 Å². The predicted octanol–water partition coefficient (Wildman–Crippen LogP) is 2.58. The van der Waals surface area contributed by atoms with Crippen LogP contribution >= 0.6 is 11.6 Å². The third kappa shape index (κ3) is 2.27. The van der Waals surface area contributed by atoms with E-state index in [1.165, 1.54) is 6.07 Å². The minimum absolute atomic E-state index is 0.0585. The molecule has 0 aliphatic rings. The van der Waals surface area contributed by atoms with Gasteiger partial charge in [0, 0.05) is 5.56 Å². The van der Waals surface area contributed by atoms with Crippen molar-refractivity contribution < 1.29 is 9.18 Å². The number of carbonyl (C=O) groups excluding carboxylic acids is 1. The van der Waals surface area contributed by atoms with Crippen LogP contribution in [-0.2, 0) is 0 Å². The van der Waals surface area contributed by atoms with Crippen molar-refractivity contribution in [2.24, 2.45) is 0 Å². The molecule has 0 aliphatic carbocycles. The van der Waals surface area contributed by atoms with Crippen molar-refractivity contribution >= 4 is 17.4 Å². The monoisotopic (exact) mass is 197 g/mol. The highest BCUT2D eigenvalue weighted by Gasteiger charge is 2.10. The molecule has 0 N–H and O–H groups in total. The van der Waals surface area contributed by atoms with Crippen LogP contribution in [0.5, 0.6) is 0 Å². The molecule has 1 aromatic rings. The number of hydrogen-bond acceptors (Lipinski definition) is 2. The van der Waals surface area contributed by atoms with E-state index in [-0.39, 0.29) is 17.0 Å². The normalized spacial score (nSPS) is 9.31. The Hall–Kier alpha value is -1.40. The summed E-state index contributed by atoms with van der Waals surface area (Å²) in [7, 11) is 0. The average Bonchev–Trinajstić information content (AvgIpc) is 2.09. The van der Waals surface area contributed by atoms with E-state index in [9.17, 15) is 9.18 Å². The summed E-state index contributed by atoms with van der Waals surface area (Å²) in [6, 6.07) is 5.16. The smallest absolute Gasteiger partial charge is 0.178 e. The maximum atomic E-state index is 12.7. The van der Waals surface area contributed by atoms with E-state index >= 15 is 0 Å². The average molecular weight is 198 g/mol. The van der Waals surface area contributed by atoms with Gasteiger partial charge in [-0.3, -0.25) is 4.79 Å². The van der Waals surface area contributed by atoms with Gasteiger partial charge in [0.05, 0.1) is 17.5 Å². The summed E-state index contributed by atoms with van der Waals surface area (Å²) in [6.45, 7) is 0. The molecular weight excluding hydrogens is 193 g/mol. The highest BCUT2D eigenvalue weighted by Crippen LogP contribution is 2.18. The Bertz CT molecular complexity index is 384. The molecule has 2 nitrogen and oxygen atoms in total. The summed E-state index contributed by atoms with van der Waals surface area (Å²) in [5.41, 5.74) is 0.0585. The zero-order valence-corrected chi connectivity index (χ0v) is 7.31. The Morgan fingerprint density at radius 1 is 1.62 bits per heavy atom. The Balaban J connectivity index is 3.07. The summed E-state index contributed by atoms with van der Waals surface area (Å²) >= 11 is 5.63. The Labute approximate surface area is 79.5 Å². The quantitative estimate of drug-likeness (QED) is 0.684. The lowest BCUT2D eigenvalue weighted by Crippen LogP contribution is -1.98. The van der Waals surface area contributed by atoms with E-state index < -0.39 is 11.6 Å². The van der Waals surface area contributed by atoms with Crippen LogP contribution in [0.25, 0.3) is 0 Å². The van der Waals surface area contributed by atoms with Gasteiger partial charge in [0.1, 0.15) is 5.82 Å². The second kappa shape index (κ2) is 4.01. The standard InChI is InChI=1S/C9H5ClFNO/c10-8-2-1-6(11)5-7(8)9(13)3-4-12/h1-2,5H,3H2. The van der Waals surface area contributed by atoms with Crippen molar-refractivity contribution in [2.45, 2.75) is 6.42 Å². The molecule has 0 saturated carbocycles. The van der Waals surface area contributed by atoms with Crippen molar-refractivity contribution in [2.75, 3.05) is 0 Å². The minimum Gasteiger partial charge on any atom is -0.293 e. The van der Waals surface area contributed by atoms with E-state index in [2.05, 4.69) is 0 Å². The molecule has 0 aromatic heterocycles. The fraction of sp³-hybridized carbons (Fsp3) is 0.111. The van der Waals surface area contributed by atoms with Gasteiger partial charge in [-0.1, -0.05) is 11.6 Å². The second-order valence-electron chi connectivity index (χ2n) is 2.38. The first-order valence-corrected chi connectivity index (χ1v) is 3.88. The highest BCUT2D eigenvalue weighted by molar-refractivity contribution is 6.34. The number of Topliss-reactive ketones (excluding diaryl/α,β-unsaturated/α-hetero) is 1. The Morgan fingerprint density at radius 3 is 2.92 bits per heavy atom. The fourth-order valence-electron chi connectivity index (χ4n) is 0.878. The number of nitriles is 1. The molecule has 0 atom stereocenters. The molecule has 0 unspecified atom stereocenters. The van der Waals surface area contributed by atoms with E-state index in [1.54, 1.807) is 6.07 Å². The van der Waals surface area contributed by atoms with Crippen LogP contribution < -0.4 is 0 Å². The molecule has 0 fully saturated rings. The van der Waals surface area contributed by atoms with Crippen LogP contribution in [0.3, 0.4) is 0 Å². The zero-order valence-electron chi connectivity index (χ0n) is 6.55. The number of ketones is 1. The molecule has 0 saturated heterocycles. The van der Waals surface area contributed by atoms with Crippen molar-refractivity contribution in [3.8, 4) is 6.07 Å². The van der Waals surface area contributed by atoms with Gasteiger partial charge in [-0.2, -0.15) is 5.26 Å². The number of rotatable bonds is 2. The maximum absolute atomic E-state index is 12.7. The first-order chi connectivity index (χ1) is 6.15. The van der Waals surface area contributed by atoms with E-state index in [0.717, 1.165) is 12.1 Å². The topological polar surface area (TPSA) is 40.9 Å². The van der Waals surface area contributed by atoms with E-state index in [4.69, 9.17) is 16.9 Å². The van der Waals surface area contributed by atoms with Gasteiger partial charge in [-0.25, -0.2) is 4.39 Å². The fourth-order valence-corrected chi connectivity index (χ4v) is 1.10. The number of halogens is 2. The van der Waals surface area contributed by atoms with Crippen molar-refractivity contribution in [3.63, 3.8) is 0 Å². The van der Waals surface area contributed by atoms with Gasteiger partial charge < -0.3 is 0 Å². The summed E-state index contributed by atoms with van der Waals surface area (Å²) in [6.07, 6.45) is -0.289. The van der Waals surface area contributed by atoms with Crippen LogP contribution in [0.4, 0.5) is 4.39 Å². The van der Waals surface area contributed by atoms with Crippen LogP contribution in [0, 0.1) is 17.1 Å². The Morgan fingerprint density at radius 2 is 2.31 bits per heavy atom. The first kappa shape index (κ1) is 9.69. The van der Waals surface area contributed by atoms with Gasteiger partial charge in [0.2, 0.25) is 0 Å². The molecule has 66 valence electrons. The molecule has 0 bridgehead atoms. The van der Waals surface area contributed by atoms with Gasteiger partial charge in [-0.05, 0) is 18.2 Å². The van der Waals surface area contributed by atoms with Crippen molar-refractivity contribution in [1.82, 2.24) is 0 Å². The lowest BCUT2D eigenvalue weighted by Gasteiger charge is -1.99. The van der Waals surface area contributed by atoms with E-state index in [0.29, 0.717) is 0 Å². The minimum atomic E-state index is -0.536. The molecule has 0 amide bonds. The largest absolute Gasteiger partial charge is 0.293 e. The number of benzene rings is 1. The van der Waals surface area contributed by atoms with Gasteiger partial charge >= 0.3 is 0 Å². The number of carbonyl (C=O) groups is 1. The SMILES string of the molecule is N#CCC(=O)c1cc(F)ccc1Cl. The maximum Gasteiger partial charge on any atom is 0.178 e. The molecule has 0 aliphatic heterocycles. The van der Waals surface area contributed by atoms with Crippen molar-refractivity contribution in [3.05, 3.63) is 34.6 Å². The molecular formula is C9H5ClFNO. The van der Waals surface area contributed by atoms with E-state index in [1.807, 2.05) is 0 Å². The Kier molecular flexibility index (Phi) is 2.99. The highest BCUT2D eigenvalue weighted by atomic mass is 35.5. The lowest BCUT2D eigenvalue weighted by atomic mass is 10.1. The van der Waals surface area contributed by atoms with Crippen LogP contribution in [0.1, 0.15) is 16.8 Å². The number of hydrogen-bond donors (Lipinski definition) is 0. The molecule has 0 heterocycles. The van der Waals surface area contributed by atoms with Crippen LogP contribution in [-0.4, -0.2) is 5.78 Å². The van der Waals surface area contributed by atoms with Gasteiger partial charge in [-0.15, -0.1) is 0 Å². The second-order valence-corrected chi connectivity index (χ2v) is 2.79. The molecule has 1 aromatic carbocycles.